The van der Waals surface area contributed by atoms with Gasteiger partial charge in [0.05, 0.1) is 12.8 Å². The smallest absolute Gasteiger partial charge is 0.118 e. The molecule has 1 aromatic heterocycles. The van der Waals surface area contributed by atoms with Gasteiger partial charge in [-0.05, 0) is 68.4 Å². The Labute approximate surface area is 144 Å². The van der Waals surface area contributed by atoms with Crippen LogP contribution in [-0.2, 0) is 6.54 Å². The van der Waals surface area contributed by atoms with Crippen LogP contribution in [0, 0.1) is 6.92 Å². The zero-order chi connectivity index (χ0) is 16.5. The molecule has 3 heterocycles. The van der Waals surface area contributed by atoms with Crippen LogP contribution in [0.2, 0.25) is 0 Å². The minimum absolute atomic E-state index is 0.690. The Bertz CT molecular complexity index is 683. The topological polar surface area (TPSA) is 25.4 Å². The Kier molecular flexibility index (Phi) is 4.28. The van der Waals surface area contributed by atoms with E-state index in [1.807, 2.05) is 0 Å². The van der Waals surface area contributed by atoms with Crippen LogP contribution in [0.15, 0.2) is 42.5 Å². The monoisotopic (exact) mass is 322 g/mol. The summed E-state index contributed by atoms with van der Waals surface area (Å²) in [6, 6.07) is 16.5. The molecule has 2 saturated heterocycles. The Morgan fingerprint density at radius 3 is 2.38 bits per heavy atom. The van der Waals surface area contributed by atoms with Gasteiger partial charge in [-0.15, -0.1) is 0 Å². The largest absolute Gasteiger partial charge is 0.497 e. The van der Waals surface area contributed by atoms with Gasteiger partial charge in [0.1, 0.15) is 5.75 Å². The fourth-order valence-electron chi connectivity index (χ4n) is 4.56. The van der Waals surface area contributed by atoms with Crippen molar-refractivity contribution in [3.05, 3.63) is 59.4 Å². The second-order valence-corrected chi connectivity index (χ2v) is 7.27. The zero-order valence-electron chi connectivity index (χ0n) is 14.6. The third-order valence-corrected chi connectivity index (χ3v) is 5.76. The molecule has 3 nitrogen and oxygen atoms in total. The van der Waals surface area contributed by atoms with Gasteiger partial charge in [-0.2, -0.15) is 0 Å². The Hall–Kier alpha value is -1.87. The van der Waals surface area contributed by atoms with Crippen molar-refractivity contribution >= 4 is 0 Å². The number of methoxy groups -OCH3 is 1. The summed E-state index contributed by atoms with van der Waals surface area (Å²) < 4.78 is 5.29. The summed E-state index contributed by atoms with van der Waals surface area (Å²) in [5, 5.41) is 0. The first-order valence-corrected chi connectivity index (χ1v) is 9.05. The molecule has 3 heteroatoms. The van der Waals surface area contributed by atoms with Crippen molar-refractivity contribution < 1.29 is 4.74 Å². The number of ether oxygens (including phenoxy) is 1. The number of benzene rings is 1. The van der Waals surface area contributed by atoms with E-state index in [9.17, 15) is 0 Å². The minimum atomic E-state index is 0.690. The van der Waals surface area contributed by atoms with Gasteiger partial charge < -0.3 is 4.74 Å². The lowest BCUT2D eigenvalue weighted by molar-refractivity contribution is 0.117. The standard InChI is InChI=1S/C21H26N2O/c1-15-4-3-5-18(22-15)14-23-19-8-9-20(23)13-17(12-19)16-6-10-21(24-2)11-7-16/h3-7,10-11,17,19-20H,8-9,12-14H2,1-2H3/t17?,19-,20+. The number of aromatic nitrogens is 1. The number of aryl methyl sites for hydroxylation is 1. The van der Waals surface area contributed by atoms with E-state index in [4.69, 9.17) is 9.72 Å². The zero-order valence-corrected chi connectivity index (χ0v) is 14.6. The minimum Gasteiger partial charge on any atom is -0.497 e. The van der Waals surface area contributed by atoms with Crippen LogP contribution in [0.5, 0.6) is 5.75 Å². The summed E-state index contributed by atoms with van der Waals surface area (Å²) in [6.45, 7) is 3.08. The SMILES string of the molecule is COc1ccc(C2C[C@H]3CC[C@@H](C2)N3Cc2cccc(C)n2)cc1. The number of pyridine rings is 1. The van der Waals surface area contributed by atoms with E-state index in [0.717, 1.165) is 18.0 Å². The van der Waals surface area contributed by atoms with E-state index in [0.29, 0.717) is 18.0 Å². The Morgan fingerprint density at radius 1 is 1.04 bits per heavy atom. The fourth-order valence-corrected chi connectivity index (χ4v) is 4.56. The molecule has 1 aromatic carbocycles. The molecule has 0 aliphatic carbocycles. The van der Waals surface area contributed by atoms with Crippen LogP contribution in [0.1, 0.15) is 48.6 Å². The molecule has 0 amide bonds. The third-order valence-electron chi connectivity index (χ3n) is 5.76. The number of hydrogen-bond donors (Lipinski definition) is 0. The molecule has 0 radical (unpaired) electrons. The van der Waals surface area contributed by atoms with Crippen molar-refractivity contribution in [1.29, 1.82) is 0 Å². The molecule has 0 spiro atoms. The molecular weight excluding hydrogens is 296 g/mol. The van der Waals surface area contributed by atoms with E-state index < -0.39 is 0 Å². The second kappa shape index (κ2) is 6.56. The first kappa shape index (κ1) is 15.6. The summed E-state index contributed by atoms with van der Waals surface area (Å²) in [7, 11) is 1.73. The van der Waals surface area contributed by atoms with Crippen LogP contribution in [-0.4, -0.2) is 29.1 Å². The van der Waals surface area contributed by atoms with Gasteiger partial charge in [0.2, 0.25) is 0 Å². The maximum Gasteiger partial charge on any atom is 0.118 e. The van der Waals surface area contributed by atoms with Crippen molar-refractivity contribution in [1.82, 2.24) is 9.88 Å². The second-order valence-electron chi connectivity index (χ2n) is 7.27. The van der Waals surface area contributed by atoms with Gasteiger partial charge in [0.25, 0.3) is 0 Å². The van der Waals surface area contributed by atoms with Crippen LogP contribution in [0.25, 0.3) is 0 Å². The summed E-state index contributed by atoms with van der Waals surface area (Å²) in [4.78, 5) is 7.41. The highest BCUT2D eigenvalue weighted by molar-refractivity contribution is 5.30. The maximum atomic E-state index is 5.29. The molecule has 1 unspecified atom stereocenters. The normalized spacial score (nSPS) is 26.5. The van der Waals surface area contributed by atoms with Crippen molar-refractivity contribution in [2.75, 3.05) is 7.11 Å². The number of rotatable bonds is 4. The average Bonchev–Trinajstić information content (AvgIpc) is 2.83. The molecule has 24 heavy (non-hydrogen) atoms. The molecule has 4 rings (SSSR count). The predicted molar refractivity (Wildman–Crippen MR) is 96.3 cm³/mol. The van der Waals surface area contributed by atoms with Gasteiger partial charge >= 0.3 is 0 Å². The van der Waals surface area contributed by atoms with Crippen molar-refractivity contribution in [3.63, 3.8) is 0 Å². The van der Waals surface area contributed by atoms with Crippen LogP contribution < -0.4 is 4.74 Å². The molecule has 2 fully saturated rings. The third kappa shape index (κ3) is 3.05. The molecule has 3 atom stereocenters. The molecule has 0 N–H and O–H groups in total. The van der Waals surface area contributed by atoms with Crippen molar-refractivity contribution in [2.45, 2.75) is 57.2 Å². The summed E-state index contributed by atoms with van der Waals surface area (Å²) in [5.74, 6) is 1.64. The predicted octanol–water partition coefficient (Wildman–Crippen LogP) is 4.31. The maximum absolute atomic E-state index is 5.29. The number of piperidine rings is 1. The first-order chi connectivity index (χ1) is 11.7. The molecule has 2 aliphatic heterocycles. The summed E-state index contributed by atoms with van der Waals surface area (Å²) in [6.07, 6.45) is 5.22. The van der Waals surface area contributed by atoms with Gasteiger partial charge in [-0.3, -0.25) is 9.88 Å². The fraction of sp³-hybridized carbons (Fsp3) is 0.476. The first-order valence-electron chi connectivity index (χ1n) is 9.05. The molecule has 2 bridgehead atoms. The number of fused-ring (bicyclic) bond motifs is 2. The van der Waals surface area contributed by atoms with Gasteiger partial charge in [0.15, 0.2) is 0 Å². The lowest BCUT2D eigenvalue weighted by atomic mass is 9.85. The van der Waals surface area contributed by atoms with Crippen molar-refractivity contribution in [2.24, 2.45) is 0 Å². The number of nitrogens with zero attached hydrogens (tertiary/aromatic N) is 2. The molecule has 126 valence electrons. The highest BCUT2D eigenvalue weighted by Crippen LogP contribution is 2.43. The van der Waals surface area contributed by atoms with E-state index in [-0.39, 0.29) is 0 Å². The number of hydrogen-bond acceptors (Lipinski definition) is 3. The summed E-state index contributed by atoms with van der Waals surface area (Å²) >= 11 is 0. The van der Waals surface area contributed by atoms with E-state index in [2.05, 4.69) is 54.3 Å². The van der Waals surface area contributed by atoms with Crippen molar-refractivity contribution in [3.8, 4) is 5.75 Å². The van der Waals surface area contributed by atoms with E-state index in [1.54, 1.807) is 7.11 Å². The lowest BCUT2D eigenvalue weighted by Crippen LogP contribution is -2.41. The van der Waals surface area contributed by atoms with Crippen LogP contribution in [0.3, 0.4) is 0 Å². The molecular formula is C21H26N2O. The highest BCUT2D eigenvalue weighted by Gasteiger charge is 2.40. The highest BCUT2D eigenvalue weighted by atomic mass is 16.5. The van der Waals surface area contributed by atoms with Crippen LogP contribution >= 0.6 is 0 Å². The molecule has 0 saturated carbocycles. The van der Waals surface area contributed by atoms with E-state index >= 15 is 0 Å². The lowest BCUT2D eigenvalue weighted by Gasteiger charge is -2.39. The van der Waals surface area contributed by atoms with Gasteiger partial charge in [-0.25, -0.2) is 0 Å². The molecule has 2 aliphatic rings. The summed E-state index contributed by atoms with van der Waals surface area (Å²) in [5.41, 5.74) is 3.81. The van der Waals surface area contributed by atoms with E-state index in [1.165, 1.54) is 36.9 Å². The Morgan fingerprint density at radius 2 is 1.75 bits per heavy atom. The quantitative estimate of drug-likeness (QED) is 0.839. The van der Waals surface area contributed by atoms with Crippen LogP contribution in [0.4, 0.5) is 0 Å². The Balaban J connectivity index is 1.47. The molecule has 2 aromatic rings. The van der Waals surface area contributed by atoms with Gasteiger partial charge in [0, 0.05) is 24.3 Å². The van der Waals surface area contributed by atoms with Gasteiger partial charge in [-0.1, -0.05) is 18.2 Å². The average molecular weight is 322 g/mol.